The molecule has 0 atom stereocenters. The van der Waals surface area contributed by atoms with Gasteiger partial charge in [-0.3, -0.25) is 9.89 Å². The van der Waals surface area contributed by atoms with Gasteiger partial charge in [-0.05, 0) is 36.8 Å². The second kappa shape index (κ2) is 6.64. The fourth-order valence-corrected chi connectivity index (χ4v) is 2.51. The summed E-state index contributed by atoms with van der Waals surface area (Å²) in [4.78, 5) is 20.6. The van der Waals surface area contributed by atoms with Crippen LogP contribution in [0.3, 0.4) is 0 Å². The topological polar surface area (TPSA) is 92.8 Å². The Labute approximate surface area is 149 Å². The van der Waals surface area contributed by atoms with Gasteiger partial charge in [0, 0.05) is 35.1 Å². The van der Waals surface area contributed by atoms with Gasteiger partial charge in [0.1, 0.15) is 5.75 Å². The highest BCUT2D eigenvalue weighted by molar-refractivity contribution is 6.06. The first kappa shape index (κ1) is 15.8. The summed E-state index contributed by atoms with van der Waals surface area (Å²) in [7, 11) is 0. The molecule has 0 bridgehead atoms. The Kier molecular flexibility index (Phi) is 4.03. The number of rotatable bonds is 4. The molecule has 2 N–H and O–H groups in total. The van der Waals surface area contributed by atoms with Crippen LogP contribution in [0.25, 0.3) is 10.9 Å². The zero-order valence-corrected chi connectivity index (χ0v) is 13.9. The van der Waals surface area contributed by atoms with Crippen LogP contribution in [-0.2, 0) is 0 Å². The van der Waals surface area contributed by atoms with Gasteiger partial charge in [0.25, 0.3) is 5.91 Å². The molecule has 2 aromatic heterocycles. The number of nitrogens with one attached hydrogen (secondary N) is 2. The minimum Gasteiger partial charge on any atom is -0.424 e. The smallest absolute Gasteiger partial charge is 0.321 e. The second-order valence-electron chi connectivity index (χ2n) is 5.74. The third-order valence-corrected chi connectivity index (χ3v) is 3.89. The molecule has 0 aliphatic rings. The van der Waals surface area contributed by atoms with Gasteiger partial charge in [-0.2, -0.15) is 5.10 Å². The maximum Gasteiger partial charge on any atom is 0.321 e. The number of benzene rings is 2. The van der Waals surface area contributed by atoms with Crippen LogP contribution in [0.4, 0.5) is 5.69 Å². The Morgan fingerprint density at radius 2 is 1.96 bits per heavy atom. The molecule has 7 heteroatoms. The molecule has 0 aliphatic carbocycles. The maximum atomic E-state index is 12.5. The number of aromatic nitrogens is 4. The number of carbonyl (C=O) groups is 1. The van der Waals surface area contributed by atoms with Crippen LogP contribution in [0, 0.1) is 6.92 Å². The molecule has 0 saturated carbocycles. The molecule has 0 saturated heterocycles. The molecule has 128 valence electrons. The van der Waals surface area contributed by atoms with Crippen LogP contribution in [0.15, 0.2) is 61.1 Å². The Balaban J connectivity index is 1.55. The van der Waals surface area contributed by atoms with Crippen LogP contribution in [-0.4, -0.2) is 26.1 Å². The van der Waals surface area contributed by atoms with Crippen molar-refractivity contribution in [1.82, 2.24) is 20.2 Å². The van der Waals surface area contributed by atoms with Gasteiger partial charge >= 0.3 is 6.01 Å². The SMILES string of the molecule is Cc1ccc(NC(=O)c2ccc3cn[nH]c3c2)cc1Oc1ncccn1. The molecule has 0 unspecified atom stereocenters. The van der Waals surface area contributed by atoms with E-state index in [1.165, 1.54) is 0 Å². The summed E-state index contributed by atoms with van der Waals surface area (Å²) in [6.45, 7) is 1.91. The lowest BCUT2D eigenvalue weighted by molar-refractivity contribution is 0.102. The first-order valence-corrected chi connectivity index (χ1v) is 7.99. The van der Waals surface area contributed by atoms with Crippen molar-refractivity contribution in [3.05, 3.63) is 72.2 Å². The average molecular weight is 345 g/mol. The van der Waals surface area contributed by atoms with E-state index >= 15 is 0 Å². The number of carbonyl (C=O) groups excluding carboxylic acids is 1. The highest BCUT2D eigenvalue weighted by Gasteiger charge is 2.10. The standard InChI is InChI=1S/C19H15N5O2/c1-12-3-6-15(10-17(12)26-19-20-7-2-8-21-19)23-18(25)13-4-5-14-11-22-24-16(14)9-13/h2-11H,1H3,(H,22,24)(H,23,25). The maximum absolute atomic E-state index is 12.5. The summed E-state index contributed by atoms with van der Waals surface area (Å²) in [6.07, 6.45) is 4.93. The summed E-state index contributed by atoms with van der Waals surface area (Å²) >= 11 is 0. The van der Waals surface area contributed by atoms with Crippen LogP contribution >= 0.6 is 0 Å². The summed E-state index contributed by atoms with van der Waals surface area (Å²) in [6, 6.07) is 12.8. The van der Waals surface area contributed by atoms with Crippen molar-refractivity contribution in [2.24, 2.45) is 0 Å². The number of H-pyrrole nitrogens is 1. The van der Waals surface area contributed by atoms with Crippen LogP contribution in [0.1, 0.15) is 15.9 Å². The molecular weight excluding hydrogens is 330 g/mol. The Bertz CT molecular complexity index is 1080. The second-order valence-corrected chi connectivity index (χ2v) is 5.74. The van der Waals surface area contributed by atoms with Crippen LogP contribution in [0.2, 0.25) is 0 Å². The van der Waals surface area contributed by atoms with E-state index in [1.54, 1.807) is 42.9 Å². The van der Waals surface area contributed by atoms with Gasteiger partial charge in [-0.1, -0.05) is 12.1 Å². The molecule has 0 fully saturated rings. The number of fused-ring (bicyclic) bond motifs is 1. The number of anilines is 1. The molecule has 0 spiro atoms. The van der Waals surface area contributed by atoms with Crippen molar-refractivity contribution in [3.63, 3.8) is 0 Å². The van der Waals surface area contributed by atoms with Gasteiger partial charge in [0.2, 0.25) is 0 Å². The van der Waals surface area contributed by atoms with Crippen LogP contribution < -0.4 is 10.1 Å². The predicted molar refractivity (Wildman–Crippen MR) is 97.3 cm³/mol. The number of aryl methyl sites for hydroxylation is 1. The van der Waals surface area contributed by atoms with E-state index in [1.807, 2.05) is 25.1 Å². The van der Waals surface area contributed by atoms with Gasteiger partial charge in [-0.25, -0.2) is 9.97 Å². The van der Waals surface area contributed by atoms with E-state index in [9.17, 15) is 4.79 Å². The van der Waals surface area contributed by atoms with Gasteiger partial charge in [0.15, 0.2) is 0 Å². The van der Waals surface area contributed by atoms with E-state index in [4.69, 9.17) is 4.74 Å². The van der Waals surface area contributed by atoms with E-state index < -0.39 is 0 Å². The van der Waals surface area contributed by atoms with Crippen molar-refractivity contribution in [1.29, 1.82) is 0 Å². The third-order valence-electron chi connectivity index (χ3n) is 3.89. The van der Waals surface area contributed by atoms with Gasteiger partial charge in [-0.15, -0.1) is 0 Å². The Hall–Kier alpha value is -3.74. The molecule has 4 aromatic rings. The molecule has 0 aliphatic heterocycles. The van der Waals surface area contributed by atoms with Crippen molar-refractivity contribution in [2.45, 2.75) is 6.92 Å². The number of ether oxygens (including phenoxy) is 1. The molecule has 4 rings (SSSR count). The number of amides is 1. The third kappa shape index (κ3) is 3.23. The number of aromatic amines is 1. The lowest BCUT2D eigenvalue weighted by Crippen LogP contribution is -2.11. The quantitative estimate of drug-likeness (QED) is 0.588. The highest BCUT2D eigenvalue weighted by atomic mass is 16.5. The lowest BCUT2D eigenvalue weighted by atomic mass is 10.1. The zero-order chi connectivity index (χ0) is 17.9. The minimum atomic E-state index is -0.215. The molecule has 7 nitrogen and oxygen atoms in total. The molecule has 0 radical (unpaired) electrons. The summed E-state index contributed by atoms with van der Waals surface area (Å²) < 4.78 is 5.70. The Morgan fingerprint density at radius 1 is 1.12 bits per heavy atom. The normalized spacial score (nSPS) is 10.7. The summed E-state index contributed by atoms with van der Waals surface area (Å²) in [5, 5.41) is 10.6. The van der Waals surface area contributed by atoms with Gasteiger partial charge in [0.05, 0.1) is 11.7 Å². The minimum absolute atomic E-state index is 0.215. The largest absolute Gasteiger partial charge is 0.424 e. The summed E-state index contributed by atoms with van der Waals surface area (Å²) in [5.41, 5.74) is 2.88. The number of nitrogens with zero attached hydrogens (tertiary/aromatic N) is 3. The zero-order valence-electron chi connectivity index (χ0n) is 13.9. The first-order valence-electron chi connectivity index (χ1n) is 7.99. The van der Waals surface area contributed by atoms with Crippen LogP contribution in [0.5, 0.6) is 11.8 Å². The monoisotopic (exact) mass is 345 g/mol. The van der Waals surface area contributed by atoms with Crippen molar-refractivity contribution >= 4 is 22.5 Å². The first-order chi connectivity index (χ1) is 12.7. The number of hydrogen-bond acceptors (Lipinski definition) is 5. The predicted octanol–water partition coefficient (Wildman–Crippen LogP) is 3.71. The van der Waals surface area contributed by atoms with Crippen molar-refractivity contribution in [3.8, 4) is 11.8 Å². The number of hydrogen-bond donors (Lipinski definition) is 2. The fraction of sp³-hybridized carbons (Fsp3) is 0.0526. The van der Waals surface area contributed by atoms with Gasteiger partial charge < -0.3 is 10.1 Å². The summed E-state index contributed by atoms with van der Waals surface area (Å²) in [5.74, 6) is 0.366. The van der Waals surface area contributed by atoms with Crippen molar-refractivity contribution in [2.75, 3.05) is 5.32 Å². The van der Waals surface area contributed by atoms with E-state index in [-0.39, 0.29) is 11.9 Å². The lowest BCUT2D eigenvalue weighted by Gasteiger charge is -2.10. The highest BCUT2D eigenvalue weighted by Crippen LogP contribution is 2.26. The average Bonchev–Trinajstić information content (AvgIpc) is 3.13. The van der Waals surface area contributed by atoms with Crippen molar-refractivity contribution < 1.29 is 9.53 Å². The Morgan fingerprint density at radius 3 is 2.81 bits per heavy atom. The molecule has 2 heterocycles. The molecule has 2 aromatic carbocycles. The molecule has 26 heavy (non-hydrogen) atoms. The van der Waals surface area contributed by atoms with E-state index in [0.717, 1.165) is 16.5 Å². The molecule has 1 amide bonds. The fourth-order valence-electron chi connectivity index (χ4n) is 2.51. The molecular formula is C19H15N5O2. The van der Waals surface area contributed by atoms with E-state index in [0.29, 0.717) is 17.0 Å². The van der Waals surface area contributed by atoms with E-state index in [2.05, 4.69) is 25.5 Å².